The van der Waals surface area contributed by atoms with Gasteiger partial charge in [-0.3, -0.25) is 14.8 Å². The largest absolute Gasteiger partial charge is 0.298 e. The molecule has 2 fully saturated rings. The van der Waals surface area contributed by atoms with Crippen LogP contribution in [0.5, 0.6) is 0 Å². The zero-order valence-corrected chi connectivity index (χ0v) is 15.4. The monoisotopic (exact) mass is 341 g/mol. The Hall–Kier alpha value is -1.23. The highest BCUT2D eigenvalue weighted by Crippen LogP contribution is 2.40. The molecule has 2 saturated heterocycles. The van der Waals surface area contributed by atoms with Crippen LogP contribution in [0.4, 0.5) is 0 Å². The lowest BCUT2D eigenvalue weighted by Crippen LogP contribution is -2.44. The fraction of sp³-hybridized carbons (Fsp3) is 0.550. The Morgan fingerprint density at radius 1 is 1.04 bits per heavy atom. The van der Waals surface area contributed by atoms with E-state index in [4.69, 9.17) is 0 Å². The number of hydrogen-bond donors (Lipinski definition) is 0. The smallest absolute Gasteiger partial charge is 0.0543 e. The van der Waals surface area contributed by atoms with Crippen molar-refractivity contribution in [2.45, 2.75) is 39.3 Å². The minimum Gasteiger partial charge on any atom is -0.298 e. The molecule has 0 saturated carbocycles. The molecule has 2 aliphatic rings. The second kappa shape index (κ2) is 6.95. The third-order valence-corrected chi connectivity index (χ3v) is 6.53. The average molecular weight is 342 g/mol. The molecule has 2 aliphatic heterocycles. The SMILES string of the molecule is Cc1ccc(CN2CC[C@@]3(CCCN(Cc4ccccn4)C3)C2)s1. The molecular formula is C20H27N3S. The number of thiophene rings is 1. The van der Waals surface area contributed by atoms with Gasteiger partial charge in [0.05, 0.1) is 5.69 Å². The summed E-state index contributed by atoms with van der Waals surface area (Å²) in [5.41, 5.74) is 1.72. The summed E-state index contributed by atoms with van der Waals surface area (Å²) < 4.78 is 0. The minimum absolute atomic E-state index is 0.513. The number of pyridine rings is 1. The van der Waals surface area contributed by atoms with Gasteiger partial charge in [0, 0.05) is 42.1 Å². The molecule has 0 aromatic carbocycles. The van der Waals surface area contributed by atoms with Crippen molar-refractivity contribution in [3.63, 3.8) is 0 Å². The first kappa shape index (κ1) is 16.2. The molecule has 4 heteroatoms. The molecule has 0 amide bonds. The van der Waals surface area contributed by atoms with Crippen LogP contribution < -0.4 is 0 Å². The second-order valence-corrected chi connectivity index (χ2v) is 8.98. The molecule has 3 nitrogen and oxygen atoms in total. The predicted octanol–water partition coefficient (Wildman–Crippen LogP) is 3.94. The first-order valence-electron chi connectivity index (χ1n) is 9.11. The molecule has 0 N–H and O–H groups in total. The van der Waals surface area contributed by atoms with E-state index in [1.807, 2.05) is 23.6 Å². The molecule has 0 radical (unpaired) electrons. The summed E-state index contributed by atoms with van der Waals surface area (Å²) in [6, 6.07) is 10.8. The Kier molecular flexibility index (Phi) is 4.70. The van der Waals surface area contributed by atoms with Crippen LogP contribution in [0.3, 0.4) is 0 Å². The Bertz CT molecular complexity index is 669. The topological polar surface area (TPSA) is 19.4 Å². The van der Waals surface area contributed by atoms with Gasteiger partial charge in [-0.15, -0.1) is 11.3 Å². The highest BCUT2D eigenvalue weighted by Gasteiger charge is 2.41. The summed E-state index contributed by atoms with van der Waals surface area (Å²) in [7, 11) is 0. The van der Waals surface area contributed by atoms with Crippen LogP contribution >= 0.6 is 11.3 Å². The van der Waals surface area contributed by atoms with E-state index in [1.54, 1.807) is 0 Å². The van der Waals surface area contributed by atoms with Gasteiger partial charge in [-0.1, -0.05) is 6.07 Å². The summed E-state index contributed by atoms with van der Waals surface area (Å²) in [5.74, 6) is 0. The molecule has 128 valence electrons. The van der Waals surface area contributed by atoms with E-state index in [2.05, 4.69) is 46.0 Å². The zero-order valence-electron chi connectivity index (χ0n) is 14.6. The molecule has 2 aromatic rings. The molecular weight excluding hydrogens is 314 g/mol. The Balaban J connectivity index is 1.36. The molecule has 1 spiro atoms. The zero-order chi connectivity index (χ0) is 16.4. The van der Waals surface area contributed by atoms with Crippen LogP contribution in [0, 0.1) is 12.3 Å². The van der Waals surface area contributed by atoms with Gasteiger partial charge in [-0.25, -0.2) is 0 Å². The number of likely N-dealkylation sites (tertiary alicyclic amines) is 2. The van der Waals surface area contributed by atoms with Gasteiger partial charge < -0.3 is 0 Å². The Morgan fingerprint density at radius 3 is 2.67 bits per heavy atom. The van der Waals surface area contributed by atoms with Crippen molar-refractivity contribution in [3.05, 3.63) is 52.0 Å². The van der Waals surface area contributed by atoms with E-state index >= 15 is 0 Å². The van der Waals surface area contributed by atoms with Gasteiger partial charge in [0.2, 0.25) is 0 Å². The molecule has 4 heterocycles. The van der Waals surface area contributed by atoms with E-state index in [0.29, 0.717) is 5.41 Å². The van der Waals surface area contributed by atoms with E-state index in [-0.39, 0.29) is 0 Å². The third kappa shape index (κ3) is 3.71. The maximum Gasteiger partial charge on any atom is 0.0543 e. The highest BCUT2D eigenvalue weighted by atomic mass is 32.1. The van der Waals surface area contributed by atoms with Gasteiger partial charge in [0.1, 0.15) is 0 Å². The molecule has 2 aromatic heterocycles. The predicted molar refractivity (Wildman–Crippen MR) is 100 cm³/mol. The minimum atomic E-state index is 0.513. The number of hydrogen-bond acceptors (Lipinski definition) is 4. The Labute approximate surface area is 149 Å². The summed E-state index contributed by atoms with van der Waals surface area (Å²) in [5, 5.41) is 0. The molecule has 1 atom stereocenters. The van der Waals surface area contributed by atoms with Crippen molar-refractivity contribution in [1.29, 1.82) is 0 Å². The number of aryl methyl sites for hydroxylation is 1. The number of nitrogens with zero attached hydrogens (tertiary/aromatic N) is 3. The maximum atomic E-state index is 4.51. The summed E-state index contributed by atoms with van der Waals surface area (Å²) in [6.07, 6.45) is 6.00. The number of rotatable bonds is 4. The van der Waals surface area contributed by atoms with E-state index in [9.17, 15) is 0 Å². The van der Waals surface area contributed by atoms with Crippen LogP contribution in [0.25, 0.3) is 0 Å². The maximum absolute atomic E-state index is 4.51. The van der Waals surface area contributed by atoms with Crippen LogP contribution in [0.15, 0.2) is 36.5 Å². The van der Waals surface area contributed by atoms with Crippen molar-refractivity contribution in [2.75, 3.05) is 26.2 Å². The number of aromatic nitrogens is 1. The molecule has 0 unspecified atom stereocenters. The van der Waals surface area contributed by atoms with Crippen LogP contribution in [-0.4, -0.2) is 41.0 Å². The normalized spacial score (nSPS) is 25.5. The van der Waals surface area contributed by atoms with Crippen molar-refractivity contribution in [1.82, 2.24) is 14.8 Å². The van der Waals surface area contributed by atoms with E-state index in [1.165, 1.54) is 60.9 Å². The quantitative estimate of drug-likeness (QED) is 0.840. The Morgan fingerprint density at radius 2 is 1.92 bits per heavy atom. The second-order valence-electron chi connectivity index (χ2n) is 7.61. The van der Waals surface area contributed by atoms with Crippen molar-refractivity contribution >= 4 is 11.3 Å². The first-order valence-corrected chi connectivity index (χ1v) is 9.92. The van der Waals surface area contributed by atoms with Crippen molar-refractivity contribution < 1.29 is 0 Å². The molecule has 0 bridgehead atoms. The standard InChI is InChI=1S/C20H27N3S/c1-17-6-7-19(24-17)14-23-12-9-20(16-23)8-4-11-22(15-20)13-18-5-2-3-10-21-18/h2-3,5-7,10H,4,8-9,11-16H2,1H3/t20-/m1/s1. The average Bonchev–Trinajstić information content (AvgIpc) is 3.15. The van der Waals surface area contributed by atoms with Crippen molar-refractivity contribution in [3.8, 4) is 0 Å². The fourth-order valence-corrected chi connectivity index (χ4v) is 5.38. The van der Waals surface area contributed by atoms with Gasteiger partial charge in [-0.2, -0.15) is 0 Å². The van der Waals surface area contributed by atoms with Crippen molar-refractivity contribution in [2.24, 2.45) is 5.41 Å². The lowest BCUT2D eigenvalue weighted by atomic mass is 9.79. The van der Waals surface area contributed by atoms with Crippen LogP contribution in [-0.2, 0) is 13.1 Å². The third-order valence-electron chi connectivity index (χ3n) is 5.55. The summed E-state index contributed by atoms with van der Waals surface area (Å²) in [4.78, 5) is 12.8. The van der Waals surface area contributed by atoms with Gasteiger partial charge >= 0.3 is 0 Å². The molecule has 4 rings (SSSR count). The number of piperidine rings is 1. The summed E-state index contributed by atoms with van der Waals surface area (Å²) >= 11 is 1.95. The van der Waals surface area contributed by atoms with Gasteiger partial charge in [0.15, 0.2) is 0 Å². The van der Waals surface area contributed by atoms with Crippen LogP contribution in [0.2, 0.25) is 0 Å². The van der Waals surface area contributed by atoms with E-state index < -0.39 is 0 Å². The fourth-order valence-electron chi connectivity index (χ4n) is 4.45. The van der Waals surface area contributed by atoms with Gasteiger partial charge in [0.25, 0.3) is 0 Å². The highest BCUT2D eigenvalue weighted by molar-refractivity contribution is 7.11. The molecule has 0 aliphatic carbocycles. The first-order chi connectivity index (χ1) is 11.7. The lowest BCUT2D eigenvalue weighted by molar-refractivity contribution is 0.0858. The van der Waals surface area contributed by atoms with Gasteiger partial charge in [-0.05, 0) is 69.0 Å². The van der Waals surface area contributed by atoms with Crippen LogP contribution in [0.1, 0.15) is 34.7 Å². The molecule has 24 heavy (non-hydrogen) atoms. The summed E-state index contributed by atoms with van der Waals surface area (Å²) in [6.45, 7) is 9.34. The van der Waals surface area contributed by atoms with E-state index in [0.717, 1.165) is 13.1 Å². The lowest BCUT2D eigenvalue weighted by Gasteiger charge is -2.40.